The Morgan fingerprint density at radius 3 is 1.65 bits per heavy atom. The first-order valence-electron chi connectivity index (χ1n) is 6.74. The van der Waals surface area contributed by atoms with Gasteiger partial charge in [0.1, 0.15) is 5.75 Å². The molecule has 0 aliphatic rings. The van der Waals surface area contributed by atoms with Crippen molar-refractivity contribution in [3.05, 3.63) is 41.5 Å². The summed E-state index contributed by atoms with van der Waals surface area (Å²) in [6.45, 7) is 16.3. The Morgan fingerprint density at radius 2 is 1.40 bits per heavy atom. The van der Waals surface area contributed by atoms with E-state index in [1.165, 1.54) is 0 Å². The highest BCUT2D eigenvalue weighted by Gasteiger charge is 2.27. The van der Waals surface area contributed by atoms with Gasteiger partial charge in [-0.1, -0.05) is 47.6 Å². The van der Waals surface area contributed by atoms with Crippen LogP contribution in [0.3, 0.4) is 0 Å². The highest BCUT2D eigenvalue weighted by atomic mass is 35.5. The van der Waals surface area contributed by atoms with Crippen LogP contribution in [0.4, 0.5) is 0 Å². The van der Waals surface area contributed by atoms with Crippen molar-refractivity contribution in [2.45, 2.75) is 58.4 Å². The Balaban J connectivity index is 0.00000361. The summed E-state index contributed by atoms with van der Waals surface area (Å²) in [7, 11) is 0. The zero-order chi connectivity index (χ0) is 15.0. The third-order valence-corrected chi connectivity index (χ3v) is 3.39. The molecule has 0 heterocycles. The average molecular weight is 298 g/mol. The second-order valence-corrected chi connectivity index (χ2v) is 7.23. The number of aromatic hydroxyl groups is 1. The van der Waals surface area contributed by atoms with Crippen molar-refractivity contribution in [1.29, 1.82) is 0 Å². The maximum Gasteiger partial charge on any atom is 0.123 e. The van der Waals surface area contributed by atoms with Gasteiger partial charge in [-0.2, -0.15) is 0 Å². The minimum atomic E-state index is -0.206. The van der Waals surface area contributed by atoms with Gasteiger partial charge in [-0.25, -0.2) is 0 Å². The molecule has 2 nitrogen and oxygen atoms in total. The van der Waals surface area contributed by atoms with Crippen molar-refractivity contribution in [2.75, 3.05) is 0 Å². The van der Waals surface area contributed by atoms with E-state index in [1.807, 2.05) is 12.1 Å². The van der Waals surface area contributed by atoms with E-state index in [0.717, 1.165) is 16.7 Å². The normalized spacial score (nSPS) is 13.6. The van der Waals surface area contributed by atoms with Crippen LogP contribution in [0.2, 0.25) is 0 Å². The molecular weight excluding hydrogens is 270 g/mol. The summed E-state index contributed by atoms with van der Waals surface area (Å²) in [6.07, 6.45) is 1.73. The lowest BCUT2D eigenvalue weighted by atomic mass is 9.78. The SMILES string of the molecule is C=C[C@@H](N)c1cc(C(C)(C)C)c(O)c(C(C)(C)C)c1.Cl. The summed E-state index contributed by atoms with van der Waals surface area (Å²) in [5.41, 5.74) is 8.70. The molecule has 1 aromatic rings. The van der Waals surface area contributed by atoms with Gasteiger partial charge < -0.3 is 10.8 Å². The van der Waals surface area contributed by atoms with Crippen LogP contribution in [0.5, 0.6) is 5.75 Å². The molecule has 1 aromatic carbocycles. The number of hydrogen-bond acceptors (Lipinski definition) is 2. The van der Waals surface area contributed by atoms with Crippen LogP contribution < -0.4 is 5.73 Å². The maximum atomic E-state index is 10.6. The van der Waals surface area contributed by atoms with E-state index in [9.17, 15) is 5.11 Å². The number of phenolic OH excluding ortho intramolecular Hbond substituents is 1. The second kappa shape index (κ2) is 6.19. The predicted molar refractivity (Wildman–Crippen MR) is 89.9 cm³/mol. The summed E-state index contributed by atoms with van der Waals surface area (Å²) >= 11 is 0. The second-order valence-electron chi connectivity index (χ2n) is 7.23. The summed E-state index contributed by atoms with van der Waals surface area (Å²) in [5.74, 6) is 0.389. The van der Waals surface area contributed by atoms with Gasteiger partial charge in [0.15, 0.2) is 0 Å². The van der Waals surface area contributed by atoms with Gasteiger partial charge in [0.05, 0.1) is 0 Å². The fourth-order valence-corrected chi connectivity index (χ4v) is 2.13. The van der Waals surface area contributed by atoms with Gasteiger partial charge in [0.25, 0.3) is 0 Å². The molecule has 1 rings (SSSR count). The van der Waals surface area contributed by atoms with Crippen molar-refractivity contribution in [1.82, 2.24) is 0 Å². The number of phenols is 1. The molecular formula is C17H28ClNO. The topological polar surface area (TPSA) is 46.2 Å². The third kappa shape index (κ3) is 4.00. The van der Waals surface area contributed by atoms with Crippen LogP contribution in [-0.4, -0.2) is 5.11 Å². The Morgan fingerprint density at radius 1 is 1.05 bits per heavy atom. The van der Waals surface area contributed by atoms with E-state index in [1.54, 1.807) is 6.08 Å². The van der Waals surface area contributed by atoms with E-state index >= 15 is 0 Å². The molecule has 1 atom stereocenters. The molecule has 0 aliphatic heterocycles. The van der Waals surface area contributed by atoms with Gasteiger partial charge in [0, 0.05) is 6.04 Å². The first kappa shape index (κ1) is 19.0. The zero-order valence-corrected chi connectivity index (χ0v) is 14.3. The first-order valence-corrected chi connectivity index (χ1v) is 6.74. The molecule has 0 saturated heterocycles. The molecule has 0 aromatic heterocycles. The van der Waals surface area contributed by atoms with Crippen LogP contribution in [-0.2, 0) is 10.8 Å². The molecule has 0 saturated carbocycles. The molecule has 0 spiro atoms. The number of rotatable bonds is 2. The van der Waals surface area contributed by atoms with Crippen LogP contribution >= 0.6 is 12.4 Å². The fourth-order valence-electron chi connectivity index (χ4n) is 2.13. The van der Waals surface area contributed by atoms with Gasteiger partial charge in [-0.05, 0) is 39.7 Å². The minimum absolute atomic E-state index is 0. The zero-order valence-electron chi connectivity index (χ0n) is 13.4. The number of benzene rings is 1. The molecule has 0 radical (unpaired) electrons. The highest BCUT2D eigenvalue weighted by Crippen LogP contribution is 2.40. The lowest BCUT2D eigenvalue weighted by Gasteiger charge is -2.29. The van der Waals surface area contributed by atoms with Crippen LogP contribution in [0.1, 0.15) is 64.3 Å². The lowest BCUT2D eigenvalue weighted by Crippen LogP contribution is -2.19. The van der Waals surface area contributed by atoms with E-state index in [0.29, 0.717) is 5.75 Å². The predicted octanol–water partition coefficient (Wildman–Crippen LogP) is 4.59. The fraction of sp³-hybridized carbons (Fsp3) is 0.529. The van der Waals surface area contributed by atoms with Gasteiger partial charge in [-0.15, -0.1) is 19.0 Å². The molecule has 0 aliphatic carbocycles. The van der Waals surface area contributed by atoms with E-state index in [-0.39, 0.29) is 29.3 Å². The Hall–Kier alpha value is -0.990. The quantitative estimate of drug-likeness (QED) is 0.784. The van der Waals surface area contributed by atoms with Crippen molar-refractivity contribution >= 4 is 12.4 Å². The largest absolute Gasteiger partial charge is 0.507 e. The van der Waals surface area contributed by atoms with Crippen LogP contribution in [0.15, 0.2) is 24.8 Å². The standard InChI is InChI=1S/C17H27NO.ClH/c1-8-14(18)11-9-12(16(2,3)4)15(19)13(10-11)17(5,6)7;/h8-10,14,19H,1,18H2,2-7H3;1H/t14-;/m1./s1. The van der Waals surface area contributed by atoms with E-state index in [2.05, 4.69) is 48.1 Å². The summed E-state index contributed by atoms with van der Waals surface area (Å²) in [5, 5.41) is 10.6. The number of halogens is 1. The third-order valence-electron chi connectivity index (χ3n) is 3.39. The molecule has 20 heavy (non-hydrogen) atoms. The van der Waals surface area contributed by atoms with Gasteiger partial charge in [0.2, 0.25) is 0 Å². The van der Waals surface area contributed by atoms with Gasteiger partial charge >= 0.3 is 0 Å². The summed E-state index contributed by atoms with van der Waals surface area (Å²) < 4.78 is 0. The molecule has 3 N–H and O–H groups in total. The highest BCUT2D eigenvalue weighted by molar-refractivity contribution is 5.85. The van der Waals surface area contributed by atoms with Crippen LogP contribution in [0.25, 0.3) is 0 Å². The molecule has 0 unspecified atom stereocenters. The van der Waals surface area contributed by atoms with Crippen molar-refractivity contribution in [2.24, 2.45) is 5.73 Å². The molecule has 0 fully saturated rings. The van der Waals surface area contributed by atoms with Crippen molar-refractivity contribution < 1.29 is 5.11 Å². The first-order chi connectivity index (χ1) is 8.48. The molecule has 0 bridgehead atoms. The molecule has 3 heteroatoms. The molecule has 0 amide bonds. The number of hydrogen-bond donors (Lipinski definition) is 2. The maximum absolute atomic E-state index is 10.6. The number of nitrogens with two attached hydrogens (primary N) is 1. The van der Waals surface area contributed by atoms with Crippen molar-refractivity contribution in [3.63, 3.8) is 0 Å². The Bertz CT molecular complexity index is 446. The summed E-state index contributed by atoms with van der Waals surface area (Å²) in [6, 6.07) is 3.79. The average Bonchev–Trinajstić information content (AvgIpc) is 2.25. The minimum Gasteiger partial charge on any atom is -0.507 e. The van der Waals surface area contributed by atoms with Crippen LogP contribution in [0, 0.1) is 0 Å². The van der Waals surface area contributed by atoms with Gasteiger partial charge in [-0.3, -0.25) is 0 Å². The molecule has 114 valence electrons. The lowest BCUT2D eigenvalue weighted by molar-refractivity contribution is 0.422. The monoisotopic (exact) mass is 297 g/mol. The Labute approximate surface area is 129 Å². The van der Waals surface area contributed by atoms with Crippen molar-refractivity contribution in [3.8, 4) is 5.75 Å². The Kier molecular flexibility index (Phi) is 5.89. The van der Waals surface area contributed by atoms with E-state index < -0.39 is 0 Å². The smallest absolute Gasteiger partial charge is 0.123 e. The van der Waals surface area contributed by atoms with E-state index in [4.69, 9.17) is 5.73 Å². The summed E-state index contributed by atoms with van der Waals surface area (Å²) in [4.78, 5) is 0.